The predicted molar refractivity (Wildman–Crippen MR) is 101 cm³/mol. The normalized spacial score (nSPS) is 22.9. The van der Waals surface area contributed by atoms with Crippen LogP contribution in [0.2, 0.25) is 0 Å². The molecule has 0 N–H and O–H groups in total. The summed E-state index contributed by atoms with van der Waals surface area (Å²) in [7, 11) is 1.86. The van der Waals surface area contributed by atoms with Crippen LogP contribution in [0.4, 0.5) is 14.5 Å². The number of nitrogens with zero attached hydrogens (tertiary/aromatic N) is 3. The Morgan fingerprint density at radius 2 is 1.86 bits per heavy atom. The van der Waals surface area contributed by atoms with Crippen molar-refractivity contribution in [1.82, 2.24) is 9.80 Å². The van der Waals surface area contributed by atoms with Crippen LogP contribution in [0.15, 0.2) is 48.5 Å². The number of likely N-dealkylation sites (N-methyl/N-ethyl adjacent to an activating group) is 1. The zero-order chi connectivity index (χ0) is 19.9. The van der Waals surface area contributed by atoms with Gasteiger partial charge in [0, 0.05) is 25.3 Å². The largest absolute Gasteiger partial charge is 0.337 e. The Bertz CT molecular complexity index is 935. The number of halogens is 2. The van der Waals surface area contributed by atoms with E-state index in [0.717, 1.165) is 0 Å². The molecule has 2 heterocycles. The zero-order valence-electron chi connectivity index (χ0n) is 15.6. The average Bonchev–Trinajstić information content (AvgIpc) is 3.10. The maximum atomic E-state index is 14.0. The van der Waals surface area contributed by atoms with Crippen LogP contribution >= 0.6 is 0 Å². The minimum atomic E-state index is -0.540. The van der Waals surface area contributed by atoms with E-state index in [-0.39, 0.29) is 23.9 Å². The van der Waals surface area contributed by atoms with Gasteiger partial charge in [-0.15, -0.1) is 0 Å². The van der Waals surface area contributed by atoms with Gasteiger partial charge in [-0.25, -0.2) is 8.78 Å². The third-order valence-corrected chi connectivity index (χ3v) is 5.78. The first-order valence-corrected chi connectivity index (χ1v) is 9.21. The molecule has 2 aliphatic heterocycles. The molecule has 0 bridgehead atoms. The number of benzene rings is 2. The fourth-order valence-corrected chi connectivity index (χ4v) is 4.11. The van der Waals surface area contributed by atoms with Crippen LogP contribution in [0.1, 0.15) is 16.8 Å². The van der Waals surface area contributed by atoms with E-state index in [1.165, 1.54) is 24.3 Å². The van der Waals surface area contributed by atoms with Crippen LogP contribution in [0.3, 0.4) is 0 Å². The Kier molecular flexibility index (Phi) is 4.63. The molecular weight excluding hydrogens is 364 g/mol. The first-order chi connectivity index (χ1) is 13.4. The van der Waals surface area contributed by atoms with E-state index < -0.39 is 17.2 Å². The Balaban J connectivity index is 1.58. The summed E-state index contributed by atoms with van der Waals surface area (Å²) in [6.45, 7) is 1.39. The Morgan fingerprint density at radius 3 is 2.61 bits per heavy atom. The number of hydrogen-bond acceptors (Lipinski definition) is 3. The molecule has 0 aromatic heterocycles. The average molecular weight is 385 g/mol. The minimum absolute atomic E-state index is 0.0519. The lowest BCUT2D eigenvalue weighted by molar-refractivity contribution is -0.123. The van der Waals surface area contributed by atoms with Gasteiger partial charge >= 0.3 is 0 Å². The number of amides is 2. The highest BCUT2D eigenvalue weighted by molar-refractivity contribution is 5.97. The second-order valence-corrected chi connectivity index (χ2v) is 7.50. The molecule has 2 saturated heterocycles. The number of carbonyl (C=O) groups is 2. The highest BCUT2D eigenvalue weighted by atomic mass is 19.1. The number of carbonyl (C=O) groups excluding carboxylic acids is 2. The van der Waals surface area contributed by atoms with Crippen molar-refractivity contribution in [2.24, 2.45) is 0 Å². The Morgan fingerprint density at radius 1 is 1.07 bits per heavy atom. The van der Waals surface area contributed by atoms with Gasteiger partial charge in [-0.3, -0.25) is 14.5 Å². The van der Waals surface area contributed by atoms with Crippen LogP contribution in [0.25, 0.3) is 0 Å². The fourth-order valence-electron chi connectivity index (χ4n) is 4.11. The summed E-state index contributed by atoms with van der Waals surface area (Å²) in [5.41, 5.74) is 0.119. The number of anilines is 1. The maximum absolute atomic E-state index is 14.0. The summed E-state index contributed by atoms with van der Waals surface area (Å²) < 4.78 is 27.7. The Labute approximate surface area is 162 Å². The lowest BCUT2D eigenvalue weighted by Gasteiger charge is -2.46. The maximum Gasteiger partial charge on any atom is 0.256 e. The number of hydrogen-bond donors (Lipinski definition) is 0. The van der Waals surface area contributed by atoms with Gasteiger partial charge in [0.05, 0.1) is 17.6 Å². The van der Waals surface area contributed by atoms with Gasteiger partial charge in [0.15, 0.2) is 0 Å². The predicted octanol–water partition coefficient (Wildman–Crippen LogP) is 2.53. The van der Waals surface area contributed by atoms with Crippen molar-refractivity contribution in [3.8, 4) is 0 Å². The molecule has 2 aromatic carbocycles. The molecule has 2 aromatic rings. The molecule has 7 heteroatoms. The molecular formula is C21H21F2N3O2. The van der Waals surface area contributed by atoms with Gasteiger partial charge < -0.3 is 9.80 Å². The third kappa shape index (κ3) is 3.16. The lowest BCUT2D eigenvalue weighted by atomic mass is 9.92. The first-order valence-electron chi connectivity index (χ1n) is 9.21. The third-order valence-electron chi connectivity index (χ3n) is 5.78. The molecule has 1 unspecified atom stereocenters. The summed E-state index contributed by atoms with van der Waals surface area (Å²) in [5, 5.41) is 0. The molecule has 2 amide bonds. The van der Waals surface area contributed by atoms with Gasteiger partial charge in [-0.05, 0) is 43.8 Å². The second-order valence-electron chi connectivity index (χ2n) is 7.50. The van der Waals surface area contributed by atoms with Crippen molar-refractivity contribution in [2.75, 3.05) is 38.1 Å². The molecule has 1 atom stereocenters. The van der Waals surface area contributed by atoms with Crippen LogP contribution < -0.4 is 4.90 Å². The van der Waals surface area contributed by atoms with E-state index in [1.54, 1.807) is 34.1 Å². The fraction of sp³-hybridized carbons (Fsp3) is 0.333. The Hall–Kier alpha value is -2.80. The van der Waals surface area contributed by atoms with Crippen molar-refractivity contribution in [3.63, 3.8) is 0 Å². The molecule has 0 radical (unpaired) electrons. The molecule has 5 nitrogen and oxygen atoms in total. The lowest BCUT2D eigenvalue weighted by Crippen LogP contribution is -2.64. The van der Waals surface area contributed by atoms with Gasteiger partial charge in [0.2, 0.25) is 5.91 Å². The highest BCUT2D eigenvalue weighted by Gasteiger charge is 2.48. The molecule has 1 spiro atoms. The van der Waals surface area contributed by atoms with Crippen LogP contribution in [-0.2, 0) is 4.79 Å². The van der Waals surface area contributed by atoms with E-state index >= 15 is 0 Å². The van der Waals surface area contributed by atoms with Crippen molar-refractivity contribution >= 4 is 17.5 Å². The van der Waals surface area contributed by atoms with Crippen LogP contribution in [0, 0.1) is 11.6 Å². The molecule has 2 aliphatic rings. The molecule has 28 heavy (non-hydrogen) atoms. The first kappa shape index (κ1) is 18.6. The van der Waals surface area contributed by atoms with E-state index in [9.17, 15) is 18.4 Å². The van der Waals surface area contributed by atoms with E-state index in [2.05, 4.69) is 0 Å². The molecule has 0 saturated carbocycles. The number of likely N-dealkylation sites (tertiary alicyclic amines) is 1. The van der Waals surface area contributed by atoms with Gasteiger partial charge in [-0.2, -0.15) is 0 Å². The quantitative estimate of drug-likeness (QED) is 0.798. The van der Waals surface area contributed by atoms with E-state index in [1.807, 2.05) is 11.9 Å². The molecule has 0 aliphatic carbocycles. The standard InChI is InChI=1S/C21H21F2N3O2/c1-24-12-19(27)26(16-6-4-5-15(22)11-16)14-21(24)9-10-25(13-21)20(28)17-7-2-3-8-18(17)23/h2-8,11H,9-10,12-14H2,1H3. The summed E-state index contributed by atoms with van der Waals surface area (Å²) in [4.78, 5) is 30.5. The SMILES string of the molecule is CN1CC(=O)N(c2cccc(F)c2)CC12CCN(C(=O)c1ccccc1F)C2. The number of rotatable bonds is 2. The van der Waals surface area contributed by atoms with E-state index in [0.29, 0.717) is 31.7 Å². The summed E-state index contributed by atoms with van der Waals surface area (Å²) in [5.74, 6) is -1.40. The smallest absolute Gasteiger partial charge is 0.256 e. The summed E-state index contributed by atoms with van der Waals surface area (Å²) in [6, 6.07) is 11.9. The zero-order valence-corrected chi connectivity index (χ0v) is 15.6. The van der Waals surface area contributed by atoms with Gasteiger partial charge in [0.1, 0.15) is 11.6 Å². The summed E-state index contributed by atoms with van der Waals surface area (Å²) >= 11 is 0. The van der Waals surface area contributed by atoms with Crippen molar-refractivity contribution < 1.29 is 18.4 Å². The number of piperazine rings is 1. The monoisotopic (exact) mass is 385 g/mol. The molecule has 2 fully saturated rings. The van der Waals surface area contributed by atoms with Gasteiger partial charge in [-0.1, -0.05) is 18.2 Å². The van der Waals surface area contributed by atoms with Crippen molar-refractivity contribution in [2.45, 2.75) is 12.0 Å². The van der Waals surface area contributed by atoms with Crippen molar-refractivity contribution in [1.29, 1.82) is 0 Å². The molecule has 4 rings (SSSR count). The second kappa shape index (κ2) is 6.98. The van der Waals surface area contributed by atoms with E-state index in [4.69, 9.17) is 0 Å². The topological polar surface area (TPSA) is 43.9 Å². The van der Waals surface area contributed by atoms with Crippen LogP contribution in [0.5, 0.6) is 0 Å². The minimum Gasteiger partial charge on any atom is -0.337 e. The van der Waals surface area contributed by atoms with Crippen molar-refractivity contribution in [3.05, 3.63) is 65.7 Å². The van der Waals surface area contributed by atoms with Gasteiger partial charge in [0.25, 0.3) is 5.91 Å². The highest BCUT2D eigenvalue weighted by Crippen LogP contribution is 2.34. The molecule has 146 valence electrons. The summed E-state index contributed by atoms with van der Waals surface area (Å²) in [6.07, 6.45) is 0.656. The van der Waals surface area contributed by atoms with Crippen LogP contribution in [-0.4, -0.2) is 60.4 Å².